The van der Waals surface area contributed by atoms with Crippen molar-refractivity contribution < 1.29 is 20.9 Å². The lowest BCUT2D eigenvalue weighted by molar-refractivity contribution is 0.00578. The number of nitrogens with zero attached hydrogens (tertiary/aromatic N) is 1. The summed E-state index contributed by atoms with van der Waals surface area (Å²) in [5.74, 6) is -0.333. The average molecular weight is 319 g/mol. The zero-order valence-corrected chi connectivity index (χ0v) is 12.2. The predicted octanol–water partition coefficient (Wildman–Crippen LogP) is 2.15. The molecule has 1 aliphatic rings. The Bertz CT molecular complexity index is 622. The fraction of sp³-hybridized carbons (Fsp3) is 0.583. The second-order valence-corrected chi connectivity index (χ2v) is 5.86. The quantitative estimate of drug-likeness (QED) is 0.783. The normalized spacial score (nSPS) is 25.8. The Hall–Kier alpha value is -0.585. The summed E-state index contributed by atoms with van der Waals surface area (Å²) in [6, 6.07) is -0.150. The van der Waals surface area contributed by atoms with Crippen LogP contribution in [0.4, 0.5) is 0 Å². The highest BCUT2D eigenvalue weighted by atomic mass is 79.9. The van der Waals surface area contributed by atoms with Gasteiger partial charge in [0.1, 0.15) is 0 Å². The first kappa shape index (κ1) is 8.56. The van der Waals surface area contributed by atoms with Crippen LogP contribution in [0.25, 0.3) is 0 Å². The van der Waals surface area contributed by atoms with E-state index in [1.165, 1.54) is 0 Å². The summed E-state index contributed by atoms with van der Waals surface area (Å²) in [4.78, 5) is 3.82. The van der Waals surface area contributed by atoms with Crippen LogP contribution in [0.1, 0.15) is 34.5 Å². The van der Waals surface area contributed by atoms with Crippen LogP contribution < -0.4 is 10.2 Å². The molecule has 0 amide bonds. The smallest absolute Gasteiger partial charge is 0.480 e. The van der Waals surface area contributed by atoms with Crippen LogP contribution in [0.2, 0.25) is 0 Å². The third kappa shape index (κ3) is 2.29. The van der Waals surface area contributed by atoms with Gasteiger partial charge in [0.25, 0.3) is 0 Å². The minimum Gasteiger partial charge on any atom is -0.480 e. The molecular weight excluding hydrogens is 297 g/mol. The van der Waals surface area contributed by atoms with Crippen LogP contribution in [0.3, 0.4) is 0 Å². The zero-order chi connectivity index (χ0) is 17.8. The highest BCUT2D eigenvalue weighted by molar-refractivity contribution is 9.10. The molecule has 0 radical (unpaired) electrons. The number of hydrogen-bond acceptors (Lipinski definition) is 4. The summed E-state index contributed by atoms with van der Waals surface area (Å²) in [6.45, 7) is 7.42. The molecule has 1 fully saturated rings. The highest BCUT2D eigenvalue weighted by Crippen LogP contribution is 2.36. The molecule has 1 aromatic rings. The molecule has 0 atom stereocenters. The van der Waals surface area contributed by atoms with Crippen molar-refractivity contribution in [1.82, 2.24) is 4.98 Å². The van der Waals surface area contributed by atoms with Crippen molar-refractivity contribution in [3.63, 3.8) is 0 Å². The van der Waals surface area contributed by atoms with Crippen molar-refractivity contribution >= 4 is 28.5 Å². The largest absolute Gasteiger partial charge is 0.496 e. The van der Waals surface area contributed by atoms with Crippen molar-refractivity contribution in [2.45, 2.75) is 38.9 Å². The van der Waals surface area contributed by atoms with Crippen molar-refractivity contribution in [3.05, 3.63) is 16.7 Å². The van der Waals surface area contributed by atoms with E-state index < -0.39 is 25.4 Å². The minimum atomic E-state index is -2.72. The van der Waals surface area contributed by atoms with Crippen molar-refractivity contribution in [3.8, 4) is 5.88 Å². The van der Waals surface area contributed by atoms with E-state index in [0.29, 0.717) is 0 Å². The van der Waals surface area contributed by atoms with Gasteiger partial charge in [-0.15, -0.1) is 0 Å². The molecule has 1 saturated heterocycles. The topological polar surface area (TPSA) is 40.6 Å². The van der Waals surface area contributed by atoms with Crippen LogP contribution in [0.5, 0.6) is 5.88 Å². The highest BCUT2D eigenvalue weighted by Gasteiger charge is 2.51. The molecule has 4 nitrogen and oxygen atoms in total. The van der Waals surface area contributed by atoms with E-state index in [9.17, 15) is 0 Å². The predicted molar refractivity (Wildman–Crippen MR) is 74.2 cm³/mol. The number of pyridine rings is 1. The Labute approximate surface area is 123 Å². The van der Waals surface area contributed by atoms with Crippen molar-refractivity contribution in [2.24, 2.45) is 0 Å². The fourth-order valence-corrected chi connectivity index (χ4v) is 1.88. The van der Waals surface area contributed by atoms with E-state index in [0.717, 1.165) is 0 Å². The number of rotatable bonds is 2. The summed E-state index contributed by atoms with van der Waals surface area (Å²) in [7, 11) is -3.66. The van der Waals surface area contributed by atoms with E-state index in [4.69, 9.17) is 20.9 Å². The van der Waals surface area contributed by atoms with Gasteiger partial charge >= 0.3 is 7.12 Å². The first-order chi connectivity index (χ1) is 10.3. The molecule has 0 saturated carbocycles. The monoisotopic (exact) mass is 318 g/mol. The Morgan fingerprint density at radius 2 is 2.00 bits per heavy atom. The summed E-state index contributed by atoms with van der Waals surface area (Å²) in [5, 5.41) is 0. The van der Waals surface area contributed by atoms with Crippen molar-refractivity contribution in [1.29, 1.82) is 0 Å². The average Bonchev–Trinajstić information content (AvgIpc) is 2.53. The zero-order valence-electron chi connectivity index (χ0n) is 15.6. The third-order valence-corrected chi connectivity index (χ3v) is 3.83. The van der Waals surface area contributed by atoms with Crippen molar-refractivity contribution in [2.75, 3.05) is 7.04 Å². The number of hydrogen-bond donors (Lipinski definition) is 0. The SMILES string of the molecule is [2H]c1nc(OC([2H])([2H])[2H])c(Br)c([2H])c1B1OC(C)(C)C(C)(C)O1. The standard InChI is InChI=1S/C12H17BBrNO3/c1-11(2)12(3,4)18-13(17-11)8-6-9(14)10(16-5)15-7-8/h6-7H,1-5H3/i5D3,6D,7D. The first-order valence-electron chi connectivity index (χ1n) is 7.96. The molecule has 0 bridgehead atoms. The molecular formula is C12H17BBrNO3. The van der Waals surface area contributed by atoms with Gasteiger partial charge in [0.05, 0.1) is 29.6 Å². The third-order valence-electron chi connectivity index (χ3n) is 3.30. The lowest BCUT2D eigenvalue weighted by atomic mass is 9.80. The molecule has 1 aliphatic heterocycles. The van der Waals surface area contributed by atoms with E-state index in [-0.39, 0.29) is 28.0 Å². The second-order valence-electron chi connectivity index (χ2n) is 5.07. The Morgan fingerprint density at radius 1 is 1.39 bits per heavy atom. The molecule has 98 valence electrons. The van der Waals surface area contributed by atoms with Gasteiger partial charge in [-0.3, -0.25) is 0 Å². The van der Waals surface area contributed by atoms with Gasteiger partial charge < -0.3 is 14.0 Å². The van der Waals surface area contributed by atoms with Gasteiger partial charge in [-0.05, 0) is 49.7 Å². The van der Waals surface area contributed by atoms with Crippen LogP contribution in [0.15, 0.2) is 16.7 Å². The van der Waals surface area contributed by atoms with Crippen LogP contribution in [0, 0.1) is 0 Å². The lowest BCUT2D eigenvalue weighted by Crippen LogP contribution is -2.41. The summed E-state index contributed by atoms with van der Waals surface area (Å²) in [5.41, 5.74) is -1.14. The van der Waals surface area contributed by atoms with Gasteiger partial charge in [-0.25, -0.2) is 4.98 Å². The van der Waals surface area contributed by atoms with E-state index in [2.05, 4.69) is 20.9 Å². The maximum atomic E-state index is 8.18. The molecule has 0 spiro atoms. The van der Waals surface area contributed by atoms with E-state index in [1.807, 2.05) is 27.7 Å². The molecule has 18 heavy (non-hydrogen) atoms. The summed E-state index contributed by atoms with van der Waals surface area (Å²) < 4.78 is 53.9. The molecule has 2 heterocycles. The first-order valence-corrected chi connectivity index (χ1v) is 6.26. The van der Waals surface area contributed by atoms with Crippen LogP contribution >= 0.6 is 15.9 Å². The fourth-order valence-electron chi connectivity index (χ4n) is 1.50. The molecule has 1 aromatic heterocycles. The maximum absolute atomic E-state index is 8.18. The molecule has 0 aliphatic carbocycles. The number of aromatic nitrogens is 1. The van der Waals surface area contributed by atoms with Gasteiger partial charge in [-0.2, -0.15) is 0 Å². The van der Waals surface area contributed by atoms with Gasteiger partial charge in [0, 0.05) is 11.6 Å². The summed E-state index contributed by atoms with van der Waals surface area (Å²) >= 11 is 3.10. The minimum absolute atomic E-state index is 0.0364. The Morgan fingerprint density at radius 3 is 2.56 bits per heavy atom. The number of halogens is 1. The number of methoxy groups -OCH3 is 1. The molecule has 0 unspecified atom stereocenters. The lowest BCUT2D eigenvalue weighted by Gasteiger charge is -2.32. The van der Waals surface area contributed by atoms with Crippen LogP contribution in [-0.4, -0.2) is 30.3 Å². The number of ether oxygens (including phenoxy) is 1. The molecule has 6 heteroatoms. The Kier molecular flexibility index (Phi) is 2.14. The molecule has 0 aromatic carbocycles. The Balaban J connectivity index is 2.45. The second kappa shape index (κ2) is 4.51. The maximum Gasteiger partial charge on any atom is 0.496 e. The van der Waals surface area contributed by atoms with Gasteiger partial charge in [0.2, 0.25) is 5.88 Å². The van der Waals surface area contributed by atoms with Gasteiger partial charge in [-0.1, -0.05) is 0 Å². The van der Waals surface area contributed by atoms with E-state index >= 15 is 0 Å². The van der Waals surface area contributed by atoms with Gasteiger partial charge in [0.15, 0.2) is 0 Å². The molecule has 2 rings (SSSR count). The molecule has 0 N–H and O–H groups in total. The summed E-state index contributed by atoms with van der Waals surface area (Å²) in [6.07, 6.45) is -0.323. The van der Waals surface area contributed by atoms with E-state index in [1.54, 1.807) is 0 Å². The van der Waals surface area contributed by atoms with Crippen LogP contribution in [-0.2, 0) is 9.31 Å².